The van der Waals surface area contributed by atoms with E-state index >= 15 is 0 Å². The Kier molecular flexibility index (Phi) is 4.05. The number of nitrogens with zero attached hydrogens (tertiary/aromatic N) is 4. The number of aromatic nitrogens is 3. The van der Waals surface area contributed by atoms with Gasteiger partial charge in [-0.25, -0.2) is 9.97 Å². The van der Waals surface area contributed by atoms with Crippen LogP contribution in [0.25, 0.3) is 26.1 Å². The van der Waals surface area contributed by atoms with Gasteiger partial charge in [-0.15, -0.1) is 11.3 Å². The SMILES string of the molecule is COc1ccc(-n2cnc3c(sc4ncc(Cl)c(N(C)C)c43)c2=O)cc1. The van der Waals surface area contributed by atoms with Gasteiger partial charge in [0.25, 0.3) is 5.56 Å². The summed E-state index contributed by atoms with van der Waals surface area (Å²) in [5.74, 6) is 0.729. The van der Waals surface area contributed by atoms with Crippen molar-refractivity contribution in [2.45, 2.75) is 0 Å². The van der Waals surface area contributed by atoms with Crippen molar-refractivity contribution in [1.82, 2.24) is 14.5 Å². The van der Waals surface area contributed by atoms with Gasteiger partial charge in [0.2, 0.25) is 0 Å². The van der Waals surface area contributed by atoms with Crippen molar-refractivity contribution < 1.29 is 4.74 Å². The van der Waals surface area contributed by atoms with Crippen LogP contribution >= 0.6 is 22.9 Å². The Labute approximate surface area is 158 Å². The molecule has 0 N–H and O–H groups in total. The summed E-state index contributed by atoms with van der Waals surface area (Å²) in [4.78, 5) is 24.6. The number of benzene rings is 1. The molecular weight excluding hydrogens is 372 g/mol. The monoisotopic (exact) mass is 386 g/mol. The summed E-state index contributed by atoms with van der Waals surface area (Å²) < 4.78 is 7.24. The number of hydrogen-bond acceptors (Lipinski definition) is 6. The molecule has 0 radical (unpaired) electrons. The molecule has 3 heterocycles. The lowest BCUT2D eigenvalue weighted by Crippen LogP contribution is -2.17. The second kappa shape index (κ2) is 6.26. The molecule has 6 nitrogen and oxygen atoms in total. The van der Waals surface area contributed by atoms with Crippen LogP contribution in [-0.4, -0.2) is 35.7 Å². The predicted molar refractivity (Wildman–Crippen MR) is 106 cm³/mol. The van der Waals surface area contributed by atoms with Crippen molar-refractivity contribution in [2.75, 3.05) is 26.1 Å². The molecular formula is C18H15ClN4O2S. The maximum atomic E-state index is 13.0. The van der Waals surface area contributed by atoms with E-state index in [-0.39, 0.29) is 5.56 Å². The Morgan fingerprint density at radius 2 is 1.92 bits per heavy atom. The van der Waals surface area contributed by atoms with Crippen LogP contribution in [0.3, 0.4) is 0 Å². The van der Waals surface area contributed by atoms with Crippen LogP contribution in [-0.2, 0) is 0 Å². The molecule has 3 aromatic heterocycles. The number of anilines is 1. The summed E-state index contributed by atoms with van der Waals surface area (Å²) in [6.07, 6.45) is 3.15. The lowest BCUT2D eigenvalue weighted by Gasteiger charge is -2.15. The second-order valence-electron chi connectivity index (χ2n) is 5.93. The number of fused-ring (bicyclic) bond motifs is 3. The van der Waals surface area contributed by atoms with Crippen molar-refractivity contribution >= 4 is 49.1 Å². The third-order valence-corrected chi connectivity index (χ3v) is 5.49. The van der Waals surface area contributed by atoms with Gasteiger partial charge >= 0.3 is 0 Å². The normalized spacial score (nSPS) is 11.2. The molecule has 0 bridgehead atoms. The summed E-state index contributed by atoms with van der Waals surface area (Å²) in [5, 5.41) is 1.34. The highest BCUT2D eigenvalue weighted by Crippen LogP contribution is 2.39. The molecule has 0 saturated heterocycles. The van der Waals surface area contributed by atoms with Gasteiger partial charge in [-0.1, -0.05) is 11.6 Å². The standard InChI is InChI=1S/C18H15ClN4O2S/c1-22(2)15-12(19)8-20-17-13(15)14-16(26-17)18(24)23(9-21-14)10-4-6-11(25-3)7-5-10/h4-9H,1-3H3. The summed E-state index contributed by atoms with van der Waals surface area (Å²) in [7, 11) is 5.41. The van der Waals surface area contributed by atoms with Crippen LogP contribution in [0.15, 0.2) is 41.6 Å². The fourth-order valence-corrected chi connectivity index (χ4v) is 4.26. The molecule has 0 aliphatic carbocycles. The molecule has 4 rings (SSSR count). The van der Waals surface area contributed by atoms with E-state index in [1.54, 1.807) is 19.6 Å². The van der Waals surface area contributed by atoms with E-state index in [1.165, 1.54) is 15.9 Å². The minimum atomic E-state index is -0.135. The first-order valence-corrected chi connectivity index (χ1v) is 9.01. The Hall–Kier alpha value is -2.64. The van der Waals surface area contributed by atoms with Gasteiger partial charge in [0.15, 0.2) is 0 Å². The highest BCUT2D eigenvalue weighted by atomic mass is 35.5. The zero-order chi connectivity index (χ0) is 18.4. The molecule has 26 heavy (non-hydrogen) atoms. The molecule has 132 valence electrons. The van der Waals surface area contributed by atoms with Gasteiger partial charge in [-0.3, -0.25) is 9.36 Å². The van der Waals surface area contributed by atoms with E-state index in [9.17, 15) is 4.79 Å². The summed E-state index contributed by atoms with van der Waals surface area (Å²) in [6.45, 7) is 0. The number of thiophene rings is 1. The molecule has 0 unspecified atom stereocenters. The number of ether oxygens (including phenoxy) is 1. The largest absolute Gasteiger partial charge is 0.497 e. The average molecular weight is 387 g/mol. The van der Waals surface area contributed by atoms with E-state index in [0.717, 1.165) is 27.3 Å². The van der Waals surface area contributed by atoms with Crippen molar-refractivity contribution in [1.29, 1.82) is 0 Å². The molecule has 0 atom stereocenters. The lowest BCUT2D eigenvalue weighted by atomic mass is 10.2. The van der Waals surface area contributed by atoms with E-state index in [0.29, 0.717) is 15.2 Å². The van der Waals surface area contributed by atoms with Gasteiger partial charge in [0, 0.05) is 20.3 Å². The third kappa shape index (κ3) is 2.51. The van der Waals surface area contributed by atoms with Gasteiger partial charge in [-0.2, -0.15) is 0 Å². The Balaban J connectivity index is 2.00. The molecule has 8 heteroatoms. The zero-order valence-electron chi connectivity index (χ0n) is 14.4. The quantitative estimate of drug-likeness (QED) is 0.537. The van der Waals surface area contributed by atoms with E-state index in [4.69, 9.17) is 16.3 Å². The first-order valence-electron chi connectivity index (χ1n) is 7.81. The topological polar surface area (TPSA) is 60.2 Å². The highest BCUT2D eigenvalue weighted by Gasteiger charge is 2.19. The second-order valence-corrected chi connectivity index (χ2v) is 7.33. The summed E-state index contributed by atoms with van der Waals surface area (Å²) in [5.41, 5.74) is 2.03. The van der Waals surface area contributed by atoms with Crippen LogP contribution in [0.4, 0.5) is 5.69 Å². The van der Waals surface area contributed by atoms with Crippen LogP contribution < -0.4 is 15.2 Å². The maximum Gasteiger partial charge on any atom is 0.275 e. The van der Waals surface area contributed by atoms with Gasteiger partial charge < -0.3 is 9.64 Å². The molecule has 0 fully saturated rings. The molecule has 0 aliphatic heterocycles. The van der Waals surface area contributed by atoms with Crippen LogP contribution in [0, 0.1) is 0 Å². The number of hydrogen-bond donors (Lipinski definition) is 0. The Morgan fingerprint density at radius 1 is 1.19 bits per heavy atom. The van der Waals surface area contributed by atoms with Gasteiger partial charge in [-0.05, 0) is 24.3 Å². The van der Waals surface area contributed by atoms with Crippen molar-refractivity contribution in [3.63, 3.8) is 0 Å². The van der Waals surface area contributed by atoms with Gasteiger partial charge in [0.05, 0.1) is 28.9 Å². The Morgan fingerprint density at radius 3 is 2.58 bits per heavy atom. The molecule has 0 saturated carbocycles. The smallest absolute Gasteiger partial charge is 0.275 e. The van der Waals surface area contributed by atoms with E-state index in [1.807, 2.05) is 43.3 Å². The number of pyridine rings is 1. The minimum absolute atomic E-state index is 0.135. The number of rotatable bonds is 3. The van der Waals surface area contributed by atoms with E-state index < -0.39 is 0 Å². The van der Waals surface area contributed by atoms with Crippen LogP contribution in [0.2, 0.25) is 5.02 Å². The molecule has 0 spiro atoms. The highest BCUT2D eigenvalue weighted by molar-refractivity contribution is 7.25. The van der Waals surface area contributed by atoms with Crippen LogP contribution in [0.5, 0.6) is 5.75 Å². The van der Waals surface area contributed by atoms with Crippen molar-refractivity contribution in [3.8, 4) is 11.4 Å². The Bertz CT molecular complexity index is 1180. The number of methoxy groups -OCH3 is 1. The predicted octanol–water partition coefficient (Wildman–Crippen LogP) is 3.72. The zero-order valence-corrected chi connectivity index (χ0v) is 15.9. The summed E-state index contributed by atoms with van der Waals surface area (Å²) >= 11 is 7.66. The van der Waals surface area contributed by atoms with Crippen molar-refractivity contribution in [3.05, 3.63) is 52.2 Å². The minimum Gasteiger partial charge on any atom is -0.497 e. The molecule has 0 amide bonds. The fourth-order valence-electron chi connectivity index (χ4n) is 2.92. The third-order valence-electron chi connectivity index (χ3n) is 4.14. The molecule has 0 aliphatic rings. The molecule has 1 aromatic carbocycles. The van der Waals surface area contributed by atoms with Gasteiger partial charge in [0.1, 0.15) is 27.1 Å². The fraction of sp³-hybridized carbons (Fsp3) is 0.167. The first kappa shape index (κ1) is 16.8. The van der Waals surface area contributed by atoms with E-state index in [2.05, 4.69) is 9.97 Å². The van der Waals surface area contributed by atoms with Crippen LogP contribution in [0.1, 0.15) is 0 Å². The van der Waals surface area contributed by atoms with Crippen molar-refractivity contribution in [2.24, 2.45) is 0 Å². The first-order chi connectivity index (χ1) is 12.5. The number of halogens is 1. The summed E-state index contributed by atoms with van der Waals surface area (Å²) in [6, 6.07) is 7.26. The average Bonchev–Trinajstić information content (AvgIpc) is 3.01. The lowest BCUT2D eigenvalue weighted by molar-refractivity contribution is 0.414. The maximum absolute atomic E-state index is 13.0. The molecule has 4 aromatic rings.